The second kappa shape index (κ2) is 8.97. The van der Waals surface area contributed by atoms with E-state index < -0.39 is 0 Å². The van der Waals surface area contributed by atoms with Crippen LogP contribution in [0, 0.1) is 0 Å². The van der Waals surface area contributed by atoms with Crippen LogP contribution in [-0.4, -0.2) is 20.4 Å². The standard InChI is InChI=1S/C24H22N4O/c29-24(27-17-20-11-13-23(26-16-20)28-15-14-25-18-28)22-9-5-4-8-21(22)12-10-19-6-2-1-3-7-19/h1-9,11,13-16,18H,10,12,17H2,(H,27,29). The molecule has 0 spiro atoms. The molecule has 4 aromatic rings. The molecule has 0 atom stereocenters. The molecule has 1 N–H and O–H groups in total. The van der Waals surface area contributed by atoms with Gasteiger partial charge in [0.05, 0.1) is 0 Å². The minimum Gasteiger partial charge on any atom is -0.348 e. The van der Waals surface area contributed by atoms with Crippen molar-refractivity contribution in [3.63, 3.8) is 0 Å². The SMILES string of the molecule is O=C(NCc1ccc(-n2ccnc2)nc1)c1ccccc1CCc1ccccc1. The Morgan fingerprint density at radius 2 is 1.72 bits per heavy atom. The van der Waals surface area contributed by atoms with Crippen molar-refractivity contribution >= 4 is 5.91 Å². The fraction of sp³-hybridized carbons (Fsp3) is 0.125. The van der Waals surface area contributed by atoms with Crippen molar-refractivity contribution in [2.75, 3.05) is 0 Å². The zero-order valence-electron chi connectivity index (χ0n) is 16.0. The highest BCUT2D eigenvalue weighted by Crippen LogP contribution is 2.13. The average Bonchev–Trinajstić information content (AvgIpc) is 3.32. The predicted octanol–water partition coefficient (Wildman–Crippen LogP) is 3.98. The molecule has 2 heterocycles. The molecule has 5 nitrogen and oxygen atoms in total. The number of carbonyl (C=O) groups excluding carboxylic acids is 1. The smallest absolute Gasteiger partial charge is 0.251 e. The van der Waals surface area contributed by atoms with Crippen LogP contribution in [0.1, 0.15) is 27.0 Å². The van der Waals surface area contributed by atoms with Crippen LogP contribution in [0.2, 0.25) is 0 Å². The Morgan fingerprint density at radius 3 is 2.48 bits per heavy atom. The highest BCUT2D eigenvalue weighted by atomic mass is 16.1. The van der Waals surface area contributed by atoms with Crippen LogP contribution in [0.3, 0.4) is 0 Å². The molecule has 2 aromatic heterocycles. The van der Waals surface area contributed by atoms with Gasteiger partial charge in [0.1, 0.15) is 12.1 Å². The third-order valence-corrected chi connectivity index (χ3v) is 4.82. The van der Waals surface area contributed by atoms with Crippen molar-refractivity contribution in [1.82, 2.24) is 19.9 Å². The monoisotopic (exact) mass is 382 g/mol. The third-order valence-electron chi connectivity index (χ3n) is 4.82. The summed E-state index contributed by atoms with van der Waals surface area (Å²) in [7, 11) is 0. The van der Waals surface area contributed by atoms with Crippen molar-refractivity contribution < 1.29 is 4.79 Å². The minimum absolute atomic E-state index is 0.0626. The molecular weight excluding hydrogens is 360 g/mol. The van der Waals surface area contributed by atoms with E-state index in [1.54, 1.807) is 18.7 Å². The molecule has 29 heavy (non-hydrogen) atoms. The molecule has 2 aromatic carbocycles. The van der Waals surface area contributed by atoms with Gasteiger partial charge in [0.15, 0.2) is 0 Å². The fourth-order valence-electron chi connectivity index (χ4n) is 3.23. The first-order valence-corrected chi connectivity index (χ1v) is 9.63. The minimum atomic E-state index is -0.0626. The third kappa shape index (κ3) is 4.76. The summed E-state index contributed by atoms with van der Waals surface area (Å²) in [6.45, 7) is 0.434. The number of imidazole rings is 1. The highest BCUT2D eigenvalue weighted by Gasteiger charge is 2.11. The van der Waals surface area contributed by atoms with Gasteiger partial charge >= 0.3 is 0 Å². The normalized spacial score (nSPS) is 10.6. The molecule has 0 saturated carbocycles. The van der Waals surface area contributed by atoms with Crippen LogP contribution in [0.5, 0.6) is 0 Å². The van der Waals surface area contributed by atoms with E-state index in [0.717, 1.165) is 35.3 Å². The summed E-state index contributed by atoms with van der Waals surface area (Å²) in [6, 6.07) is 22.0. The summed E-state index contributed by atoms with van der Waals surface area (Å²) >= 11 is 0. The summed E-state index contributed by atoms with van der Waals surface area (Å²) in [5.41, 5.74) is 4.00. The number of nitrogens with zero attached hydrogens (tertiary/aromatic N) is 3. The van der Waals surface area contributed by atoms with Crippen molar-refractivity contribution in [3.05, 3.63) is 114 Å². The van der Waals surface area contributed by atoms with Gasteiger partial charge < -0.3 is 5.32 Å². The largest absolute Gasteiger partial charge is 0.348 e. The van der Waals surface area contributed by atoms with Gasteiger partial charge in [0.2, 0.25) is 0 Å². The van der Waals surface area contributed by atoms with Gasteiger partial charge in [-0.05, 0) is 41.7 Å². The number of hydrogen-bond donors (Lipinski definition) is 1. The van der Waals surface area contributed by atoms with Crippen LogP contribution in [0.15, 0.2) is 91.6 Å². The Kier molecular flexibility index (Phi) is 5.76. The zero-order valence-corrected chi connectivity index (χ0v) is 16.0. The second-order valence-corrected chi connectivity index (χ2v) is 6.82. The Morgan fingerprint density at radius 1 is 0.897 bits per heavy atom. The maximum Gasteiger partial charge on any atom is 0.251 e. The van der Waals surface area contributed by atoms with E-state index in [1.807, 2.05) is 65.4 Å². The lowest BCUT2D eigenvalue weighted by Crippen LogP contribution is -2.24. The Hall–Kier alpha value is -3.73. The fourth-order valence-corrected chi connectivity index (χ4v) is 3.23. The molecule has 1 amide bonds. The maximum atomic E-state index is 12.8. The lowest BCUT2D eigenvalue weighted by atomic mass is 9.99. The quantitative estimate of drug-likeness (QED) is 0.526. The first-order valence-electron chi connectivity index (χ1n) is 9.63. The Labute approximate surface area is 170 Å². The first kappa shape index (κ1) is 18.6. The van der Waals surface area contributed by atoms with Crippen molar-refractivity contribution in [2.24, 2.45) is 0 Å². The van der Waals surface area contributed by atoms with Crippen LogP contribution in [0.4, 0.5) is 0 Å². The van der Waals surface area contributed by atoms with Crippen LogP contribution >= 0.6 is 0 Å². The molecule has 0 saturated heterocycles. The number of amides is 1. The molecule has 0 aliphatic carbocycles. The van der Waals surface area contributed by atoms with Crippen molar-refractivity contribution in [1.29, 1.82) is 0 Å². The number of rotatable bonds is 7. The van der Waals surface area contributed by atoms with Crippen LogP contribution in [-0.2, 0) is 19.4 Å². The molecule has 5 heteroatoms. The van der Waals surface area contributed by atoms with Crippen LogP contribution in [0.25, 0.3) is 5.82 Å². The Bertz CT molecular complexity index is 1060. The summed E-state index contributed by atoms with van der Waals surface area (Å²) in [6.07, 6.45) is 8.77. The van der Waals surface area contributed by atoms with Gasteiger partial charge in [-0.15, -0.1) is 0 Å². The molecule has 0 aliphatic rings. The van der Waals surface area contributed by atoms with Crippen molar-refractivity contribution in [3.8, 4) is 5.82 Å². The van der Waals surface area contributed by atoms with Gasteiger partial charge in [-0.25, -0.2) is 9.97 Å². The Balaban J connectivity index is 1.38. The summed E-state index contributed by atoms with van der Waals surface area (Å²) < 4.78 is 1.84. The van der Waals surface area contributed by atoms with Gasteiger partial charge in [0, 0.05) is 30.7 Å². The molecule has 0 radical (unpaired) electrons. The number of carbonyl (C=O) groups is 1. The summed E-state index contributed by atoms with van der Waals surface area (Å²) in [5.74, 6) is 0.733. The summed E-state index contributed by atoms with van der Waals surface area (Å²) in [5, 5.41) is 3.01. The van der Waals surface area contributed by atoms with E-state index in [9.17, 15) is 4.79 Å². The maximum absolute atomic E-state index is 12.8. The molecule has 0 unspecified atom stereocenters. The molecule has 0 bridgehead atoms. The van der Waals surface area contributed by atoms with E-state index in [4.69, 9.17) is 0 Å². The zero-order chi connectivity index (χ0) is 19.9. The number of hydrogen-bond acceptors (Lipinski definition) is 3. The number of pyridine rings is 1. The molecule has 0 aliphatic heterocycles. The lowest BCUT2D eigenvalue weighted by Gasteiger charge is -2.11. The molecule has 4 rings (SSSR count). The lowest BCUT2D eigenvalue weighted by molar-refractivity contribution is 0.0950. The number of nitrogens with one attached hydrogen (secondary N) is 1. The molecule has 144 valence electrons. The van der Waals surface area contributed by atoms with Crippen LogP contribution < -0.4 is 5.32 Å². The predicted molar refractivity (Wildman–Crippen MR) is 113 cm³/mol. The van der Waals surface area contributed by atoms with E-state index in [2.05, 4.69) is 27.4 Å². The van der Waals surface area contributed by atoms with E-state index in [0.29, 0.717) is 6.54 Å². The second-order valence-electron chi connectivity index (χ2n) is 6.82. The topological polar surface area (TPSA) is 59.8 Å². The molecular formula is C24H22N4O. The first-order chi connectivity index (χ1) is 14.3. The van der Waals surface area contributed by atoms with E-state index in [1.165, 1.54) is 5.56 Å². The molecule has 0 fully saturated rings. The average molecular weight is 382 g/mol. The number of aromatic nitrogens is 3. The summed E-state index contributed by atoms with van der Waals surface area (Å²) in [4.78, 5) is 21.2. The van der Waals surface area contributed by atoms with E-state index >= 15 is 0 Å². The number of benzene rings is 2. The van der Waals surface area contributed by atoms with E-state index in [-0.39, 0.29) is 5.91 Å². The highest BCUT2D eigenvalue weighted by molar-refractivity contribution is 5.95. The van der Waals surface area contributed by atoms with Crippen molar-refractivity contribution in [2.45, 2.75) is 19.4 Å². The van der Waals surface area contributed by atoms with Gasteiger partial charge in [-0.3, -0.25) is 9.36 Å². The van der Waals surface area contributed by atoms with Gasteiger partial charge in [0.25, 0.3) is 5.91 Å². The van der Waals surface area contributed by atoms with Gasteiger partial charge in [-0.2, -0.15) is 0 Å². The number of aryl methyl sites for hydroxylation is 2. The van der Waals surface area contributed by atoms with Gasteiger partial charge in [-0.1, -0.05) is 54.6 Å².